The molecule has 15 rings (SSSR count). The van der Waals surface area contributed by atoms with Crippen molar-refractivity contribution in [3.05, 3.63) is 258 Å². The fourth-order valence-corrected chi connectivity index (χ4v) is 18.0. The van der Waals surface area contributed by atoms with Crippen LogP contribution in [-0.4, -0.2) is 129 Å². The van der Waals surface area contributed by atoms with Crippen LogP contribution in [0, 0.1) is 0 Å². The number of carbonyl (C=O) groups excluding carboxylic acids is 3. The number of benzene rings is 5. The molecule has 127 heavy (non-hydrogen) atoms. The summed E-state index contributed by atoms with van der Waals surface area (Å²) in [6, 6.07) is 39.0. The quantitative estimate of drug-likeness (QED) is 0.0248. The summed E-state index contributed by atoms with van der Waals surface area (Å²) >= 11 is 32.6. The number of aromatic nitrogens is 15. The molecule has 0 saturated carbocycles. The Morgan fingerprint density at radius 2 is 0.669 bits per heavy atom. The van der Waals surface area contributed by atoms with Crippen LogP contribution in [0.5, 0.6) is 0 Å². The van der Waals surface area contributed by atoms with Crippen LogP contribution >= 0.6 is 58.0 Å². The highest BCUT2D eigenvalue weighted by Crippen LogP contribution is 2.43. The van der Waals surface area contributed by atoms with Gasteiger partial charge in [-0.25, -0.2) is 48.9 Å². The number of aldehydes is 2. The van der Waals surface area contributed by atoms with Crippen LogP contribution in [0.1, 0.15) is 208 Å². The van der Waals surface area contributed by atoms with E-state index in [2.05, 4.69) is 131 Å². The second kappa shape index (κ2) is 43.7. The summed E-state index contributed by atoms with van der Waals surface area (Å²) < 4.78 is 8.87. The van der Waals surface area contributed by atoms with E-state index < -0.39 is 0 Å². The van der Waals surface area contributed by atoms with E-state index in [-0.39, 0.29) is 64.6 Å². The summed E-state index contributed by atoms with van der Waals surface area (Å²) in [5.74, 6) is -0.0852. The molecule has 0 aliphatic heterocycles. The number of imidazole rings is 5. The molecule has 666 valence electrons. The minimum absolute atomic E-state index is 0.0358. The highest BCUT2D eigenvalue weighted by Gasteiger charge is 2.29. The van der Waals surface area contributed by atoms with Crippen molar-refractivity contribution in [1.29, 1.82) is 0 Å². The first-order valence-corrected chi connectivity index (χ1v) is 44.8. The normalized spacial score (nSPS) is 11.5. The van der Waals surface area contributed by atoms with E-state index in [1.54, 1.807) is 62.6 Å². The molecule has 1 amide bonds. The van der Waals surface area contributed by atoms with Gasteiger partial charge in [-0.1, -0.05) is 230 Å². The lowest BCUT2D eigenvalue weighted by molar-refractivity contribution is -0.119. The first-order chi connectivity index (χ1) is 61.1. The number of hydrogen-bond donors (Lipinski definition) is 6. The summed E-state index contributed by atoms with van der Waals surface area (Å²) in [6.07, 6.45) is 17.8. The van der Waals surface area contributed by atoms with Crippen molar-refractivity contribution in [2.75, 3.05) is 28.2 Å². The summed E-state index contributed by atoms with van der Waals surface area (Å²) in [7, 11) is 8.16. The van der Waals surface area contributed by atoms with E-state index in [4.69, 9.17) is 58.0 Å². The third-order valence-corrected chi connectivity index (χ3v) is 24.3. The van der Waals surface area contributed by atoms with Crippen molar-refractivity contribution in [2.24, 2.45) is 0 Å². The Bertz CT molecular complexity index is 6740. The minimum Gasteiger partial charge on any atom is -0.352 e. The van der Waals surface area contributed by atoms with Crippen molar-refractivity contribution < 1.29 is 14.4 Å². The van der Waals surface area contributed by atoms with E-state index in [1.165, 1.54) is 24.9 Å². The second-order valence-corrected chi connectivity index (χ2v) is 33.7. The van der Waals surface area contributed by atoms with E-state index >= 15 is 0 Å². The van der Waals surface area contributed by atoms with Crippen molar-refractivity contribution >= 4 is 132 Å². The summed E-state index contributed by atoms with van der Waals surface area (Å²) in [5, 5.41) is 5.26. The van der Waals surface area contributed by atoms with Crippen LogP contribution in [0.15, 0.2) is 176 Å². The maximum absolute atomic E-state index is 12.7. The van der Waals surface area contributed by atoms with Gasteiger partial charge in [-0.05, 0) is 155 Å². The summed E-state index contributed by atoms with van der Waals surface area (Å²) in [5.41, 5.74) is 18.2. The molecule has 5 aromatic carbocycles. The number of halogens is 5. The van der Waals surface area contributed by atoms with Crippen LogP contribution in [-0.2, 0) is 24.4 Å². The number of pyridine rings is 5. The van der Waals surface area contributed by atoms with Crippen molar-refractivity contribution in [1.82, 2.24) is 87.8 Å². The zero-order valence-electron chi connectivity index (χ0n) is 74.2. The Hall–Kier alpha value is -11.6. The van der Waals surface area contributed by atoms with Gasteiger partial charge in [0.1, 0.15) is 6.29 Å². The first kappa shape index (κ1) is 96.0. The molecule has 0 spiro atoms. The standard InChI is InChI=1S/C20H23ClN4O2.2C20H25ClN4O.2C18H18ClN3O2/c1-4-15(5-2)25-18-17(16(21)11-23-19(18)24-20(25)27)14-8-6-7-13(9-14)10-22-12(3)26;1-5-15(6-2)25-18-17(16(21)11-22-19(18)23-20(25)26)14-9-7-8-13(10-14)12-24(3)4;1-5-14(6-2)25-18-17(16(21)11-22-19(18)23-20(25)26)15-10-8-7-9-13(15)12-24(3)4;1-3-13(4-2)22-16-15(12-7-5-6-11(8-12)10-23)14(19)9-20-17(16)21-18(22)24;1-3-12(4-2)22-16-15(13-8-6-5-7-11(13)10-23)14(19)9-20-17(16)21-18(22)24/h6-9,11,15H,4-5,10H2,1-3H3,(H,22,26)(H,23,24,27);7-11,15H,5-6,12H2,1-4H3,(H,22,23,26);7-11,14H,5-6,12H2,1-4H3,(H,22,23,26);5-10,13H,3-4H2,1-2H3,(H,20,21,24);5-10,12H,3-4H2,1-2H3,(H,20,21,24). The molecule has 10 heterocycles. The van der Waals surface area contributed by atoms with Gasteiger partial charge in [0.2, 0.25) is 5.91 Å². The Balaban J connectivity index is 0.000000154. The molecule has 0 saturated heterocycles. The molecule has 0 unspecified atom stereocenters. The molecule has 0 aliphatic carbocycles. The lowest BCUT2D eigenvalue weighted by Gasteiger charge is -2.19. The number of carbonyl (C=O) groups is 3. The van der Waals surface area contributed by atoms with Crippen LogP contribution < -0.4 is 33.8 Å². The Labute approximate surface area is 761 Å². The van der Waals surface area contributed by atoms with Gasteiger partial charge in [0, 0.05) is 127 Å². The average Bonchev–Trinajstić information content (AvgIpc) is 1.69. The number of hydrogen-bond acceptors (Lipinski definition) is 15. The molecule has 0 aliphatic rings. The van der Waals surface area contributed by atoms with Crippen LogP contribution in [0.2, 0.25) is 25.1 Å². The molecule has 0 atom stereocenters. The fraction of sp³-hybridized carbons (Fsp3) is 0.344. The number of aromatic amines is 5. The monoisotopic (exact) mass is 1820 g/mol. The van der Waals surface area contributed by atoms with E-state index in [9.17, 15) is 38.4 Å². The van der Waals surface area contributed by atoms with Crippen LogP contribution in [0.3, 0.4) is 0 Å². The number of H-pyrrole nitrogens is 5. The largest absolute Gasteiger partial charge is 0.352 e. The van der Waals surface area contributed by atoms with E-state index in [0.29, 0.717) is 93.2 Å². The summed E-state index contributed by atoms with van der Waals surface area (Å²) in [4.78, 5) is 137. The van der Waals surface area contributed by atoms with Gasteiger partial charge in [0.25, 0.3) is 0 Å². The van der Waals surface area contributed by atoms with Crippen LogP contribution in [0.4, 0.5) is 0 Å². The van der Waals surface area contributed by atoms with Gasteiger partial charge in [0.05, 0.1) is 52.7 Å². The number of nitrogens with zero attached hydrogens (tertiary/aromatic N) is 12. The molecule has 26 nitrogen and oxygen atoms in total. The molecule has 15 aromatic rings. The minimum atomic E-state index is -0.210. The number of amides is 1. The Morgan fingerprint density at radius 3 is 1.01 bits per heavy atom. The van der Waals surface area contributed by atoms with Crippen molar-refractivity contribution in [3.63, 3.8) is 0 Å². The topological polar surface area (TPSA) is 323 Å². The molecule has 0 bridgehead atoms. The van der Waals surface area contributed by atoms with Crippen molar-refractivity contribution in [3.8, 4) is 55.6 Å². The number of rotatable bonds is 28. The molecule has 10 aromatic heterocycles. The number of fused-ring (bicyclic) bond motifs is 5. The third-order valence-electron chi connectivity index (χ3n) is 22.9. The molecule has 0 fully saturated rings. The molecular formula is C96H109Cl5N18O8. The highest BCUT2D eigenvalue weighted by molar-refractivity contribution is 6.36. The predicted octanol–water partition coefficient (Wildman–Crippen LogP) is 21.4. The maximum atomic E-state index is 12.7. The molecular weight excluding hydrogens is 1710 g/mol. The highest BCUT2D eigenvalue weighted by atomic mass is 35.5. The second-order valence-electron chi connectivity index (χ2n) is 31.6. The smallest absolute Gasteiger partial charge is 0.327 e. The van der Waals surface area contributed by atoms with Gasteiger partial charge in [-0.2, -0.15) is 0 Å². The zero-order chi connectivity index (χ0) is 91.8. The van der Waals surface area contributed by atoms with E-state index in [1.807, 2.05) is 132 Å². The molecule has 6 N–H and O–H groups in total. The summed E-state index contributed by atoms with van der Waals surface area (Å²) in [6.45, 7) is 24.2. The van der Waals surface area contributed by atoms with Gasteiger partial charge in [-0.15, -0.1) is 0 Å². The average molecular weight is 1820 g/mol. The SMILES string of the molecule is CCC(CC)n1c(=O)[nH]c2ncc(Cl)c(-c3cccc(C=O)c3)c21.CCC(CC)n1c(=O)[nH]c2ncc(Cl)c(-c3cccc(CN(C)C)c3)c21.CCC(CC)n1c(=O)[nH]c2ncc(Cl)c(-c3cccc(CNC(C)=O)c3)c21.CCC(CC)n1c(=O)[nH]c2ncc(Cl)c(-c3ccccc3C=O)c21.CCC(CC)n1c(=O)[nH]c2ncc(Cl)c(-c3ccccc3CN(C)C)c21. The molecule has 0 radical (unpaired) electrons. The number of nitrogens with one attached hydrogen (secondary N) is 6. The zero-order valence-corrected chi connectivity index (χ0v) is 78.0. The maximum Gasteiger partial charge on any atom is 0.327 e. The fourth-order valence-electron chi connectivity index (χ4n) is 16.8. The molecule has 31 heteroatoms. The first-order valence-electron chi connectivity index (χ1n) is 43.0. The Kier molecular flexibility index (Phi) is 33.1. The van der Waals surface area contributed by atoms with Crippen LogP contribution in [0.25, 0.3) is 111 Å². The lowest BCUT2D eigenvalue weighted by Crippen LogP contribution is -2.21. The Morgan fingerprint density at radius 1 is 0.370 bits per heavy atom. The van der Waals surface area contributed by atoms with Gasteiger partial charge in [0.15, 0.2) is 34.5 Å². The third kappa shape index (κ3) is 21.0. The van der Waals surface area contributed by atoms with Gasteiger partial charge < -0.3 is 15.1 Å². The predicted molar refractivity (Wildman–Crippen MR) is 515 cm³/mol. The van der Waals surface area contributed by atoms with Crippen molar-refractivity contribution in [2.45, 2.75) is 190 Å². The van der Waals surface area contributed by atoms with Gasteiger partial charge in [-0.3, -0.25) is 62.1 Å². The lowest BCUT2D eigenvalue weighted by atomic mass is 9.98. The van der Waals surface area contributed by atoms with Gasteiger partial charge >= 0.3 is 28.4 Å². The van der Waals surface area contributed by atoms with E-state index in [0.717, 1.165) is 162 Å².